The number of pyridine rings is 1. The van der Waals surface area contributed by atoms with Crippen molar-refractivity contribution in [3.63, 3.8) is 0 Å². The predicted molar refractivity (Wildman–Crippen MR) is 120 cm³/mol. The Morgan fingerprint density at radius 1 is 1.03 bits per heavy atom. The summed E-state index contributed by atoms with van der Waals surface area (Å²) in [4.78, 5) is 16.5. The number of aromatic nitrogens is 1. The van der Waals surface area contributed by atoms with Crippen molar-refractivity contribution < 1.29 is 31.1 Å². The normalized spacial score (nSPS) is 11.7. The van der Waals surface area contributed by atoms with E-state index in [-0.39, 0.29) is 28.4 Å². The maximum atomic E-state index is 12.9. The van der Waals surface area contributed by atoms with Gasteiger partial charge < -0.3 is 10.1 Å². The average Bonchev–Trinajstić information content (AvgIpc) is 2.77. The highest BCUT2D eigenvalue weighted by Crippen LogP contribution is 2.23. The fraction of sp³-hybridized carbons (Fsp3) is 0.217. The molecule has 0 spiro atoms. The largest absolute Gasteiger partial charge is 0.468 e. The molecule has 1 heterocycles. The number of nitrogens with one attached hydrogen (secondary N) is 2. The lowest BCUT2D eigenvalue weighted by Crippen LogP contribution is -2.25. The van der Waals surface area contributed by atoms with Crippen molar-refractivity contribution in [2.45, 2.75) is 31.5 Å². The first-order chi connectivity index (χ1) is 16.0. The van der Waals surface area contributed by atoms with Gasteiger partial charge in [0.1, 0.15) is 0 Å². The molecular formula is C23H22F3N3O4S. The van der Waals surface area contributed by atoms with Crippen LogP contribution >= 0.6 is 0 Å². The zero-order chi connectivity index (χ0) is 24.9. The number of nitrogens with zero attached hydrogens (tertiary/aromatic N) is 1. The Morgan fingerprint density at radius 2 is 1.76 bits per heavy atom. The van der Waals surface area contributed by atoms with E-state index in [1.54, 1.807) is 38.1 Å². The Labute approximate surface area is 195 Å². The van der Waals surface area contributed by atoms with Gasteiger partial charge in [0.2, 0.25) is 5.88 Å². The number of benzene rings is 2. The topological polar surface area (TPSA) is 97.4 Å². The van der Waals surface area contributed by atoms with E-state index in [9.17, 15) is 26.4 Å². The van der Waals surface area contributed by atoms with Crippen LogP contribution < -0.4 is 14.8 Å². The molecule has 0 aliphatic carbocycles. The molecule has 3 rings (SSSR count). The van der Waals surface area contributed by atoms with Gasteiger partial charge in [0, 0.05) is 23.9 Å². The zero-order valence-corrected chi connectivity index (χ0v) is 19.1. The van der Waals surface area contributed by atoms with Crippen molar-refractivity contribution in [1.29, 1.82) is 0 Å². The van der Waals surface area contributed by atoms with Crippen LogP contribution in [0, 0.1) is 13.8 Å². The van der Waals surface area contributed by atoms with Gasteiger partial charge in [-0.25, -0.2) is 13.4 Å². The quantitative estimate of drug-likeness (QED) is 0.486. The Bertz CT molecular complexity index is 1290. The number of carbonyl (C=O) groups is 1. The molecule has 0 atom stereocenters. The fourth-order valence-corrected chi connectivity index (χ4v) is 4.17. The summed E-state index contributed by atoms with van der Waals surface area (Å²) in [5.41, 5.74) is 2.01. The first kappa shape index (κ1) is 25.0. The summed E-state index contributed by atoms with van der Waals surface area (Å²) in [7, 11) is -3.97. The third-order valence-electron chi connectivity index (χ3n) is 4.82. The van der Waals surface area contributed by atoms with Crippen LogP contribution in [-0.2, 0) is 16.6 Å². The van der Waals surface area contributed by atoms with Gasteiger partial charge in [-0.1, -0.05) is 30.3 Å². The molecule has 2 aromatic carbocycles. The molecule has 0 bridgehead atoms. The van der Waals surface area contributed by atoms with E-state index in [0.717, 1.165) is 5.56 Å². The lowest BCUT2D eigenvalue weighted by atomic mass is 10.1. The first-order valence-corrected chi connectivity index (χ1v) is 11.6. The lowest BCUT2D eigenvalue weighted by Gasteiger charge is -2.14. The molecule has 3 aromatic rings. The molecular weight excluding hydrogens is 471 g/mol. The minimum absolute atomic E-state index is 0.106. The second-order valence-electron chi connectivity index (χ2n) is 7.45. The SMILES string of the molecule is Cc1ccccc1NS(=O)(=O)c1ccc(C)c(C(=O)NCc2cccnc2OCC(F)(F)F)c1. The smallest absolute Gasteiger partial charge is 0.422 e. The third kappa shape index (κ3) is 6.47. The first-order valence-electron chi connectivity index (χ1n) is 10.1. The van der Waals surface area contributed by atoms with Crippen molar-refractivity contribution in [2.24, 2.45) is 0 Å². The highest BCUT2D eigenvalue weighted by Gasteiger charge is 2.29. The van der Waals surface area contributed by atoms with Crippen LogP contribution in [0.5, 0.6) is 5.88 Å². The molecule has 0 aliphatic heterocycles. The highest BCUT2D eigenvalue weighted by molar-refractivity contribution is 7.92. The van der Waals surface area contributed by atoms with E-state index >= 15 is 0 Å². The van der Waals surface area contributed by atoms with Crippen LogP contribution in [0.3, 0.4) is 0 Å². The number of carbonyl (C=O) groups excluding carboxylic acids is 1. The maximum Gasteiger partial charge on any atom is 0.422 e. The van der Waals surface area contributed by atoms with Gasteiger partial charge in [-0.05, 0) is 49.2 Å². The monoisotopic (exact) mass is 493 g/mol. The molecule has 1 aromatic heterocycles. The van der Waals surface area contributed by atoms with E-state index in [0.29, 0.717) is 11.3 Å². The standard InChI is InChI=1S/C23H22F3N3O4S/c1-15-9-10-18(34(31,32)29-20-8-4-3-6-16(20)2)12-19(15)21(30)28-13-17-7-5-11-27-22(17)33-14-23(24,25)26/h3-12,29H,13-14H2,1-2H3,(H,28,30). The summed E-state index contributed by atoms with van der Waals surface area (Å²) >= 11 is 0. The Kier molecular flexibility index (Phi) is 7.45. The van der Waals surface area contributed by atoms with Crippen LogP contribution in [0.25, 0.3) is 0 Å². The Balaban J connectivity index is 1.77. The second-order valence-corrected chi connectivity index (χ2v) is 9.13. The van der Waals surface area contributed by atoms with Gasteiger partial charge in [-0.3, -0.25) is 9.52 Å². The van der Waals surface area contributed by atoms with Crippen molar-refractivity contribution in [3.8, 4) is 5.88 Å². The molecule has 0 saturated heterocycles. The molecule has 1 amide bonds. The van der Waals surface area contributed by atoms with Crippen molar-refractivity contribution in [3.05, 3.63) is 83.0 Å². The van der Waals surface area contributed by atoms with Crippen LogP contribution in [0.2, 0.25) is 0 Å². The number of sulfonamides is 1. The Hall–Kier alpha value is -3.60. The fourth-order valence-electron chi connectivity index (χ4n) is 3.01. The van der Waals surface area contributed by atoms with Gasteiger partial charge in [0.05, 0.1) is 10.6 Å². The van der Waals surface area contributed by atoms with Gasteiger partial charge in [-0.15, -0.1) is 0 Å². The number of alkyl halides is 3. The second kappa shape index (κ2) is 10.1. The Morgan fingerprint density at radius 3 is 2.47 bits per heavy atom. The van der Waals surface area contributed by atoms with Crippen LogP contribution in [-0.4, -0.2) is 32.1 Å². The van der Waals surface area contributed by atoms with E-state index in [1.807, 2.05) is 0 Å². The van der Waals surface area contributed by atoms with Crippen molar-refractivity contribution in [1.82, 2.24) is 10.3 Å². The molecule has 7 nitrogen and oxygen atoms in total. The number of hydrogen-bond acceptors (Lipinski definition) is 5. The number of aryl methyl sites for hydroxylation is 2. The molecule has 0 radical (unpaired) electrons. The number of rotatable bonds is 8. The number of ether oxygens (including phenoxy) is 1. The minimum Gasteiger partial charge on any atom is -0.468 e. The average molecular weight is 494 g/mol. The van der Waals surface area contributed by atoms with Gasteiger partial charge in [0.25, 0.3) is 15.9 Å². The van der Waals surface area contributed by atoms with E-state index in [4.69, 9.17) is 4.74 Å². The van der Waals surface area contributed by atoms with E-state index in [1.165, 1.54) is 36.5 Å². The number of amides is 1. The summed E-state index contributed by atoms with van der Waals surface area (Å²) in [5, 5.41) is 2.58. The number of anilines is 1. The van der Waals surface area contributed by atoms with Gasteiger partial charge in [0.15, 0.2) is 6.61 Å². The van der Waals surface area contributed by atoms with Gasteiger partial charge in [-0.2, -0.15) is 13.2 Å². The van der Waals surface area contributed by atoms with E-state index < -0.39 is 28.7 Å². The summed E-state index contributed by atoms with van der Waals surface area (Å²) in [6.07, 6.45) is -3.26. The molecule has 0 aliphatic rings. The summed E-state index contributed by atoms with van der Waals surface area (Å²) in [5.74, 6) is -0.855. The zero-order valence-electron chi connectivity index (χ0n) is 18.3. The third-order valence-corrected chi connectivity index (χ3v) is 6.18. The van der Waals surface area contributed by atoms with E-state index in [2.05, 4.69) is 15.0 Å². The van der Waals surface area contributed by atoms with Crippen molar-refractivity contribution >= 4 is 21.6 Å². The number of para-hydroxylation sites is 1. The molecule has 0 fully saturated rings. The lowest BCUT2D eigenvalue weighted by molar-refractivity contribution is -0.154. The number of halogens is 3. The maximum absolute atomic E-state index is 12.9. The highest BCUT2D eigenvalue weighted by atomic mass is 32.2. The molecule has 2 N–H and O–H groups in total. The molecule has 0 saturated carbocycles. The molecule has 11 heteroatoms. The van der Waals surface area contributed by atoms with Crippen molar-refractivity contribution in [2.75, 3.05) is 11.3 Å². The van der Waals surface area contributed by atoms with Crippen LogP contribution in [0.15, 0.2) is 65.7 Å². The van der Waals surface area contributed by atoms with Crippen LogP contribution in [0.4, 0.5) is 18.9 Å². The predicted octanol–water partition coefficient (Wildman–Crippen LogP) is 4.37. The molecule has 0 unspecified atom stereocenters. The molecule has 180 valence electrons. The minimum atomic E-state index is -4.53. The van der Waals surface area contributed by atoms with Crippen LogP contribution in [0.1, 0.15) is 27.0 Å². The summed E-state index contributed by atoms with van der Waals surface area (Å²) in [6.45, 7) is 1.72. The van der Waals surface area contributed by atoms with Gasteiger partial charge >= 0.3 is 6.18 Å². The number of hydrogen-bond donors (Lipinski definition) is 2. The summed E-state index contributed by atoms with van der Waals surface area (Å²) < 4.78 is 70.3. The molecule has 34 heavy (non-hydrogen) atoms. The summed E-state index contributed by atoms with van der Waals surface area (Å²) in [6, 6.07) is 14.0.